The largest absolute Gasteiger partial charge is 0.256 e. The molecule has 0 bridgehead atoms. The summed E-state index contributed by atoms with van der Waals surface area (Å²) in [5, 5.41) is 0.777. The summed E-state index contributed by atoms with van der Waals surface area (Å²) >= 11 is 0. The standard InChI is InChI=1S/C26H33NSi/c1-26(2,3)18-23-17-24(27-19-25(23)28(4,5)6)22-14-10-13-21(16-22)15-20-11-8-7-9-12-20/h7-14,16-17,19H,15,18H2,1-6H3/i1D3,15D2,18D2. The van der Waals surface area contributed by atoms with Gasteiger partial charge in [0.15, 0.2) is 0 Å². The summed E-state index contributed by atoms with van der Waals surface area (Å²) in [5.41, 5.74) is 0.838. The second kappa shape index (κ2) is 8.04. The van der Waals surface area contributed by atoms with Crippen LogP contribution in [0.25, 0.3) is 11.3 Å². The number of nitrogens with zero attached hydrogens (tertiary/aromatic N) is 1. The van der Waals surface area contributed by atoms with Crippen LogP contribution in [0.4, 0.5) is 0 Å². The van der Waals surface area contributed by atoms with Crippen molar-refractivity contribution in [2.24, 2.45) is 5.41 Å². The highest BCUT2D eigenvalue weighted by molar-refractivity contribution is 6.89. The molecule has 0 unspecified atom stereocenters. The van der Waals surface area contributed by atoms with E-state index < -0.39 is 33.1 Å². The molecule has 0 aliphatic heterocycles. The van der Waals surface area contributed by atoms with Crippen molar-refractivity contribution in [1.29, 1.82) is 0 Å². The molecular formula is C26H33NSi. The summed E-state index contributed by atoms with van der Waals surface area (Å²) in [6, 6.07) is 17.6. The lowest BCUT2D eigenvalue weighted by Crippen LogP contribution is -2.41. The summed E-state index contributed by atoms with van der Waals surface area (Å²) in [6.45, 7) is 6.64. The highest BCUT2D eigenvalue weighted by Gasteiger charge is 2.24. The first-order chi connectivity index (χ1) is 15.9. The van der Waals surface area contributed by atoms with E-state index in [4.69, 9.17) is 9.60 Å². The van der Waals surface area contributed by atoms with Gasteiger partial charge in [-0.1, -0.05) is 88.9 Å². The molecule has 1 heterocycles. The lowest BCUT2D eigenvalue weighted by molar-refractivity contribution is 0.412. The molecule has 0 aliphatic rings. The SMILES string of the molecule is [2H]C([2H])(c1ccccc1)c1cccc(-c2cc(C([2H])([2H])C(C)(C)C([2H])([2H])[2H])c([Si](C)(C)C)cn2)c1. The van der Waals surface area contributed by atoms with Crippen molar-refractivity contribution in [3.05, 3.63) is 83.6 Å². The fourth-order valence-corrected chi connectivity index (χ4v) is 4.49. The zero-order valence-electron chi connectivity index (χ0n) is 24.3. The molecule has 3 rings (SSSR count). The van der Waals surface area contributed by atoms with E-state index in [0.29, 0.717) is 27.9 Å². The summed E-state index contributed by atoms with van der Waals surface area (Å²) < 4.78 is 59.4. The first-order valence-corrected chi connectivity index (χ1v) is 13.1. The Morgan fingerprint density at radius 2 is 1.68 bits per heavy atom. The van der Waals surface area contributed by atoms with Crippen molar-refractivity contribution in [2.45, 2.75) is 53.1 Å². The smallest absolute Gasteiger partial charge is 0.0799 e. The Bertz CT molecular complexity index is 1200. The third-order valence-corrected chi connectivity index (χ3v) is 6.39. The normalized spacial score (nSPS) is 17.4. The molecule has 2 heteroatoms. The van der Waals surface area contributed by atoms with Gasteiger partial charge in [-0.3, -0.25) is 4.98 Å². The topological polar surface area (TPSA) is 12.9 Å². The van der Waals surface area contributed by atoms with Crippen LogP contribution in [-0.2, 0) is 12.7 Å². The average Bonchev–Trinajstić information content (AvgIpc) is 2.78. The van der Waals surface area contributed by atoms with Crippen LogP contribution < -0.4 is 5.19 Å². The van der Waals surface area contributed by atoms with Crippen molar-refractivity contribution in [1.82, 2.24) is 4.98 Å². The maximum absolute atomic E-state index is 9.00. The minimum absolute atomic E-state index is 0.347. The molecule has 2 aromatic carbocycles. The van der Waals surface area contributed by atoms with E-state index in [1.807, 2.05) is 12.1 Å². The van der Waals surface area contributed by atoms with Crippen LogP contribution in [0.15, 0.2) is 66.9 Å². The van der Waals surface area contributed by atoms with Crippen molar-refractivity contribution in [2.75, 3.05) is 0 Å². The molecule has 0 atom stereocenters. The highest BCUT2D eigenvalue weighted by Crippen LogP contribution is 2.25. The number of rotatable bonds is 5. The second-order valence-electron chi connectivity index (χ2n) is 8.69. The van der Waals surface area contributed by atoms with Crippen LogP contribution in [0.1, 0.15) is 47.0 Å². The lowest BCUT2D eigenvalue weighted by Gasteiger charge is -2.26. The molecule has 0 saturated carbocycles. The van der Waals surface area contributed by atoms with Crippen LogP contribution in [0.3, 0.4) is 0 Å². The molecule has 0 amide bonds. The van der Waals surface area contributed by atoms with Gasteiger partial charge >= 0.3 is 0 Å². The monoisotopic (exact) mass is 394 g/mol. The van der Waals surface area contributed by atoms with Crippen LogP contribution in [0.2, 0.25) is 19.6 Å². The predicted molar refractivity (Wildman–Crippen MR) is 125 cm³/mol. The van der Waals surface area contributed by atoms with Crippen LogP contribution >= 0.6 is 0 Å². The Kier molecular flexibility index (Phi) is 3.77. The molecule has 1 nitrogen and oxygen atoms in total. The fourth-order valence-electron chi connectivity index (χ4n) is 3.10. The molecule has 0 spiro atoms. The number of pyridine rings is 1. The van der Waals surface area contributed by atoms with E-state index in [0.717, 1.165) is 5.19 Å². The Balaban J connectivity index is 2.20. The molecule has 28 heavy (non-hydrogen) atoms. The molecular weight excluding hydrogens is 354 g/mol. The molecule has 0 N–H and O–H groups in total. The van der Waals surface area contributed by atoms with E-state index in [2.05, 4.69) is 24.6 Å². The van der Waals surface area contributed by atoms with Gasteiger partial charge in [-0.15, -0.1) is 0 Å². The van der Waals surface area contributed by atoms with Gasteiger partial charge in [0.2, 0.25) is 0 Å². The Morgan fingerprint density at radius 3 is 2.36 bits per heavy atom. The molecule has 0 aliphatic carbocycles. The summed E-state index contributed by atoms with van der Waals surface area (Å²) in [4.78, 5) is 4.63. The van der Waals surface area contributed by atoms with Gasteiger partial charge in [-0.05, 0) is 52.2 Å². The van der Waals surface area contributed by atoms with E-state index in [-0.39, 0.29) is 0 Å². The zero-order valence-corrected chi connectivity index (χ0v) is 18.3. The molecule has 0 radical (unpaired) electrons. The maximum Gasteiger partial charge on any atom is 0.0799 e. The average molecular weight is 395 g/mol. The van der Waals surface area contributed by atoms with E-state index >= 15 is 0 Å². The van der Waals surface area contributed by atoms with Gasteiger partial charge < -0.3 is 0 Å². The summed E-state index contributed by atoms with van der Waals surface area (Å²) in [6.07, 6.45) is -2.19. The van der Waals surface area contributed by atoms with Crippen molar-refractivity contribution >= 4 is 13.3 Å². The van der Waals surface area contributed by atoms with Crippen LogP contribution in [0, 0.1) is 5.41 Å². The van der Waals surface area contributed by atoms with Gasteiger partial charge in [-0.2, -0.15) is 0 Å². The van der Waals surface area contributed by atoms with E-state index in [1.54, 1.807) is 54.7 Å². The minimum atomic E-state index is -2.51. The number of hydrogen-bond donors (Lipinski definition) is 0. The third-order valence-electron chi connectivity index (χ3n) is 4.38. The molecule has 146 valence electrons. The number of aromatic nitrogens is 1. The van der Waals surface area contributed by atoms with E-state index in [1.165, 1.54) is 13.8 Å². The Hall–Kier alpha value is -2.19. The first-order valence-electron chi connectivity index (χ1n) is 13.1. The zero-order chi connectivity index (χ0) is 26.4. The Labute approximate surface area is 181 Å². The lowest BCUT2D eigenvalue weighted by atomic mass is 9.88. The van der Waals surface area contributed by atoms with Gasteiger partial charge in [0.05, 0.1) is 13.8 Å². The summed E-state index contributed by atoms with van der Waals surface area (Å²) in [7, 11) is -2.08. The number of benzene rings is 2. The minimum Gasteiger partial charge on any atom is -0.256 e. The van der Waals surface area contributed by atoms with Gasteiger partial charge in [0.25, 0.3) is 0 Å². The van der Waals surface area contributed by atoms with Crippen LogP contribution in [0.5, 0.6) is 0 Å². The van der Waals surface area contributed by atoms with Gasteiger partial charge in [-0.25, -0.2) is 0 Å². The van der Waals surface area contributed by atoms with Crippen molar-refractivity contribution in [3.8, 4) is 11.3 Å². The fraction of sp³-hybridized carbons (Fsp3) is 0.346. The van der Waals surface area contributed by atoms with Crippen molar-refractivity contribution < 1.29 is 9.60 Å². The second-order valence-corrected chi connectivity index (χ2v) is 13.7. The maximum atomic E-state index is 9.00. The Morgan fingerprint density at radius 1 is 0.964 bits per heavy atom. The third kappa shape index (κ3) is 5.42. The highest BCUT2D eigenvalue weighted by atomic mass is 28.3. The predicted octanol–water partition coefficient (Wildman–Crippen LogP) is 6.47. The quantitative estimate of drug-likeness (QED) is 0.452. The van der Waals surface area contributed by atoms with Crippen LogP contribution in [-0.4, -0.2) is 13.1 Å². The van der Waals surface area contributed by atoms with Gasteiger partial charge in [0.1, 0.15) is 0 Å². The first kappa shape index (κ1) is 13.1. The molecule has 0 fully saturated rings. The van der Waals surface area contributed by atoms with E-state index in [9.17, 15) is 0 Å². The summed E-state index contributed by atoms with van der Waals surface area (Å²) in [5.74, 6) is 0. The molecule has 3 aromatic rings. The van der Waals surface area contributed by atoms with Crippen molar-refractivity contribution in [3.63, 3.8) is 0 Å². The molecule has 1 aromatic heterocycles. The molecule has 0 saturated heterocycles. The van der Waals surface area contributed by atoms with Gasteiger partial charge in [0, 0.05) is 21.4 Å². The number of hydrogen-bond acceptors (Lipinski definition) is 1.